The van der Waals surface area contributed by atoms with E-state index in [9.17, 15) is 5.11 Å². The van der Waals surface area contributed by atoms with Gasteiger partial charge in [-0.05, 0) is 17.7 Å². The molecular formula is C8H7ClN2O. The Labute approximate surface area is 74.0 Å². The number of H-pyrrole nitrogens is 1. The van der Waals surface area contributed by atoms with Crippen LogP contribution in [0.3, 0.4) is 0 Å². The van der Waals surface area contributed by atoms with Crippen molar-refractivity contribution in [1.29, 1.82) is 0 Å². The lowest BCUT2D eigenvalue weighted by Gasteiger charge is -1.97. The van der Waals surface area contributed by atoms with Crippen molar-refractivity contribution in [2.24, 2.45) is 0 Å². The van der Waals surface area contributed by atoms with Gasteiger partial charge < -0.3 is 10.1 Å². The van der Waals surface area contributed by atoms with Crippen molar-refractivity contribution in [2.45, 2.75) is 5.88 Å². The van der Waals surface area contributed by atoms with E-state index < -0.39 is 0 Å². The molecule has 0 atom stereocenters. The number of aromatic hydroxyl groups is 1. The molecule has 12 heavy (non-hydrogen) atoms. The second kappa shape index (κ2) is 2.68. The van der Waals surface area contributed by atoms with Crippen LogP contribution in [-0.2, 0) is 5.88 Å². The topological polar surface area (TPSA) is 48.9 Å². The van der Waals surface area contributed by atoms with Gasteiger partial charge in [-0.2, -0.15) is 0 Å². The van der Waals surface area contributed by atoms with Crippen molar-refractivity contribution in [3.05, 3.63) is 24.0 Å². The molecule has 0 aliphatic carbocycles. The number of hydrogen-bond donors (Lipinski definition) is 2. The zero-order valence-electron chi connectivity index (χ0n) is 6.21. The van der Waals surface area contributed by atoms with E-state index in [1.807, 2.05) is 6.07 Å². The molecule has 0 spiro atoms. The number of halogens is 1. The molecule has 1 aromatic carbocycles. The van der Waals surface area contributed by atoms with Crippen LogP contribution in [0.5, 0.6) is 5.75 Å². The van der Waals surface area contributed by atoms with Crippen LogP contribution in [0.15, 0.2) is 18.5 Å². The first-order valence-electron chi connectivity index (χ1n) is 3.52. The Morgan fingerprint density at radius 2 is 2.33 bits per heavy atom. The molecule has 3 nitrogen and oxygen atoms in total. The number of phenolic OH excluding ortho intramolecular Hbond substituents is 1. The van der Waals surface area contributed by atoms with Gasteiger partial charge >= 0.3 is 0 Å². The molecule has 0 fully saturated rings. The van der Waals surface area contributed by atoms with Crippen LogP contribution in [0.4, 0.5) is 0 Å². The summed E-state index contributed by atoms with van der Waals surface area (Å²) in [5.41, 5.74) is 2.28. The van der Waals surface area contributed by atoms with Gasteiger partial charge in [0.25, 0.3) is 0 Å². The lowest BCUT2D eigenvalue weighted by Crippen LogP contribution is -1.79. The molecule has 2 aromatic rings. The molecular weight excluding hydrogens is 176 g/mol. The van der Waals surface area contributed by atoms with Crippen LogP contribution in [0.25, 0.3) is 11.0 Å². The van der Waals surface area contributed by atoms with Gasteiger partial charge in [-0.25, -0.2) is 4.98 Å². The summed E-state index contributed by atoms with van der Waals surface area (Å²) in [6.45, 7) is 0. The number of nitrogens with one attached hydrogen (secondary N) is 1. The normalized spacial score (nSPS) is 10.8. The molecule has 2 rings (SSSR count). The minimum absolute atomic E-state index is 0.171. The summed E-state index contributed by atoms with van der Waals surface area (Å²) in [5.74, 6) is 0.562. The predicted molar refractivity (Wildman–Crippen MR) is 47.3 cm³/mol. The van der Waals surface area contributed by atoms with Gasteiger partial charge in [0.2, 0.25) is 0 Å². The van der Waals surface area contributed by atoms with E-state index in [1.165, 1.54) is 0 Å². The molecule has 0 saturated carbocycles. The number of hydrogen-bond acceptors (Lipinski definition) is 2. The fourth-order valence-corrected chi connectivity index (χ4v) is 1.32. The highest BCUT2D eigenvalue weighted by Gasteiger charge is 2.03. The largest absolute Gasteiger partial charge is 0.506 e. The smallest absolute Gasteiger partial charge is 0.143 e. The first-order chi connectivity index (χ1) is 5.81. The third-order valence-corrected chi connectivity index (χ3v) is 2.03. The molecule has 0 unspecified atom stereocenters. The summed E-state index contributed by atoms with van der Waals surface area (Å²) in [7, 11) is 0. The van der Waals surface area contributed by atoms with Crippen LogP contribution in [0, 0.1) is 0 Å². The molecule has 0 radical (unpaired) electrons. The minimum Gasteiger partial charge on any atom is -0.506 e. The first-order valence-corrected chi connectivity index (χ1v) is 4.05. The van der Waals surface area contributed by atoms with Crippen molar-refractivity contribution < 1.29 is 5.11 Å². The number of aromatic nitrogens is 2. The number of phenols is 1. The SMILES string of the molecule is Oc1cc(CCl)cc2[nH]cnc12. The molecule has 62 valence electrons. The second-order valence-electron chi connectivity index (χ2n) is 2.55. The summed E-state index contributed by atoms with van der Waals surface area (Å²) in [5, 5.41) is 9.43. The Bertz CT molecular complexity index is 410. The molecule has 0 amide bonds. The Morgan fingerprint density at radius 3 is 3.08 bits per heavy atom. The number of benzene rings is 1. The molecule has 0 bridgehead atoms. The van der Waals surface area contributed by atoms with Gasteiger partial charge in [0.1, 0.15) is 11.3 Å². The molecule has 1 heterocycles. The van der Waals surface area contributed by atoms with E-state index >= 15 is 0 Å². The van der Waals surface area contributed by atoms with Crippen molar-refractivity contribution in [2.75, 3.05) is 0 Å². The van der Waals surface area contributed by atoms with Crippen molar-refractivity contribution in [3.8, 4) is 5.75 Å². The van der Waals surface area contributed by atoms with Crippen LogP contribution >= 0.6 is 11.6 Å². The number of alkyl halides is 1. The zero-order valence-corrected chi connectivity index (χ0v) is 6.97. The van der Waals surface area contributed by atoms with E-state index in [2.05, 4.69) is 9.97 Å². The highest BCUT2D eigenvalue weighted by Crippen LogP contribution is 2.23. The maximum atomic E-state index is 9.43. The summed E-state index contributed by atoms with van der Waals surface area (Å²) >= 11 is 5.62. The van der Waals surface area contributed by atoms with Crippen molar-refractivity contribution >= 4 is 22.6 Å². The molecule has 1 aromatic heterocycles. The van der Waals surface area contributed by atoms with E-state index in [0.717, 1.165) is 11.1 Å². The third kappa shape index (κ3) is 1.02. The number of rotatable bonds is 1. The van der Waals surface area contributed by atoms with E-state index in [4.69, 9.17) is 11.6 Å². The van der Waals surface area contributed by atoms with Crippen LogP contribution in [0.2, 0.25) is 0 Å². The average molecular weight is 183 g/mol. The fraction of sp³-hybridized carbons (Fsp3) is 0.125. The average Bonchev–Trinajstić information content (AvgIpc) is 2.52. The lowest BCUT2D eigenvalue weighted by molar-refractivity contribution is 0.480. The van der Waals surface area contributed by atoms with Crippen molar-refractivity contribution in [1.82, 2.24) is 9.97 Å². The van der Waals surface area contributed by atoms with E-state index in [1.54, 1.807) is 12.4 Å². The second-order valence-corrected chi connectivity index (χ2v) is 2.81. The van der Waals surface area contributed by atoms with Crippen molar-refractivity contribution in [3.63, 3.8) is 0 Å². The monoisotopic (exact) mass is 182 g/mol. The van der Waals surface area contributed by atoms with Crippen LogP contribution in [0.1, 0.15) is 5.56 Å². The van der Waals surface area contributed by atoms with Gasteiger partial charge in [-0.1, -0.05) is 0 Å². The predicted octanol–water partition coefficient (Wildman–Crippen LogP) is 2.01. The zero-order chi connectivity index (χ0) is 8.55. The van der Waals surface area contributed by atoms with E-state index in [0.29, 0.717) is 11.4 Å². The molecule has 0 aliphatic rings. The summed E-state index contributed by atoms with van der Waals surface area (Å²) < 4.78 is 0. The third-order valence-electron chi connectivity index (χ3n) is 1.72. The summed E-state index contributed by atoms with van der Waals surface area (Å²) in [6.07, 6.45) is 1.54. The molecule has 0 aliphatic heterocycles. The maximum Gasteiger partial charge on any atom is 0.143 e. The molecule has 4 heteroatoms. The molecule has 2 N–H and O–H groups in total. The Balaban J connectivity index is 2.75. The minimum atomic E-state index is 0.171. The van der Waals surface area contributed by atoms with Gasteiger partial charge in [0.05, 0.1) is 11.8 Å². The molecule has 0 saturated heterocycles. The quantitative estimate of drug-likeness (QED) is 0.663. The highest BCUT2D eigenvalue weighted by atomic mass is 35.5. The van der Waals surface area contributed by atoms with Gasteiger partial charge in [-0.3, -0.25) is 0 Å². The standard InChI is InChI=1S/C8H7ClN2O/c9-3-5-1-6-8(7(12)2-5)11-4-10-6/h1-2,4,12H,3H2,(H,10,11). The van der Waals surface area contributed by atoms with E-state index in [-0.39, 0.29) is 5.75 Å². The number of fused-ring (bicyclic) bond motifs is 1. The maximum absolute atomic E-state index is 9.43. The Hall–Kier alpha value is -1.22. The van der Waals surface area contributed by atoms with Crippen LogP contribution in [-0.4, -0.2) is 15.1 Å². The summed E-state index contributed by atoms with van der Waals surface area (Å²) in [4.78, 5) is 6.85. The highest BCUT2D eigenvalue weighted by molar-refractivity contribution is 6.17. The number of nitrogens with zero attached hydrogens (tertiary/aromatic N) is 1. The Morgan fingerprint density at radius 1 is 1.50 bits per heavy atom. The number of imidazole rings is 1. The number of aromatic amines is 1. The Kier molecular flexibility index (Phi) is 1.66. The van der Waals surface area contributed by atoms with Gasteiger partial charge in [0.15, 0.2) is 0 Å². The summed E-state index contributed by atoms with van der Waals surface area (Å²) in [6, 6.07) is 3.49. The van der Waals surface area contributed by atoms with Gasteiger partial charge in [-0.15, -0.1) is 11.6 Å². The van der Waals surface area contributed by atoms with Gasteiger partial charge in [0, 0.05) is 5.88 Å². The lowest BCUT2D eigenvalue weighted by atomic mass is 10.2. The fourth-order valence-electron chi connectivity index (χ4n) is 1.17. The van der Waals surface area contributed by atoms with Crippen LogP contribution < -0.4 is 0 Å². The first kappa shape index (κ1) is 7.43.